The number of allylic oxidation sites excluding steroid dienone is 8. The van der Waals surface area contributed by atoms with Gasteiger partial charge in [0.15, 0.2) is 0 Å². The third-order valence-corrected chi connectivity index (χ3v) is 2.94. The molecule has 4 heteroatoms. The molecule has 0 radical (unpaired) electrons. The van der Waals surface area contributed by atoms with Crippen molar-refractivity contribution < 1.29 is 47.8 Å². The monoisotopic (exact) mass is 522 g/mol. The molecule has 0 amide bonds. The molecule has 0 saturated heterocycles. The molecule has 2 aliphatic carbocycles. The molecule has 0 heterocycles. The summed E-state index contributed by atoms with van der Waals surface area (Å²) in [7, 11) is 0. The van der Waals surface area contributed by atoms with Gasteiger partial charge in [-0.05, 0) is 0 Å². The van der Waals surface area contributed by atoms with Gasteiger partial charge in [0.05, 0.1) is 0 Å². The van der Waals surface area contributed by atoms with Gasteiger partial charge in [0.2, 0.25) is 0 Å². The Labute approximate surface area is 165 Å². The molecular weight excluding hydrogens is 494 g/mol. The van der Waals surface area contributed by atoms with E-state index in [-0.39, 0.29) is 30.3 Å². The first-order valence-electron chi connectivity index (χ1n) is 7.44. The Kier molecular flexibility index (Phi) is 20.6. The molecule has 0 nitrogen and oxygen atoms in total. The van der Waals surface area contributed by atoms with E-state index in [9.17, 15) is 0 Å². The molecule has 0 aromatic rings. The van der Waals surface area contributed by atoms with E-state index in [4.69, 9.17) is 0 Å². The fourth-order valence-corrected chi connectivity index (χ4v) is 1.78. The minimum Gasteiger partial charge on any atom is -1.00 e. The molecule has 0 fully saturated rings. The number of halogens is 2. The second-order valence-corrected chi connectivity index (χ2v) is 18.2. The molecule has 2 aliphatic rings. The summed E-state index contributed by atoms with van der Waals surface area (Å²) in [4.78, 5) is 0. The smallest absolute Gasteiger partial charge is 1.00 e. The van der Waals surface area contributed by atoms with Gasteiger partial charge in [0.1, 0.15) is 0 Å². The summed E-state index contributed by atoms with van der Waals surface area (Å²) in [5.74, 6) is 0. The molecule has 0 atom stereocenters. The average molecular weight is 522 g/mol. The van der Waals surface area contributed by atoms with Crippen LogP contribution < -0.4 is 24.8 Å². The number of hydrogen-bond acceptors (Lipinski definition) is 0. The van der Waals surface area contributed by atoms with Crippen molar-refractivity contribution in [3.8, 4) is 0 Å². The van der Waals surface area contributed by atoms with E-state index in [1.807, 2.05) is 0 Å². The third kappa shape index (κ3) is 15.5. The maximum absolute atomic E-state index is 3.24. The predicted molar refractivity (Wildman–Crippen MR) is 88.3 cm³/mol. The van der Waals surface area contributed by atoms with Crippen molar-refractivity contribution in [3.63, 3.8) is 0 Å². The zero-order valence-corrected chi connectivity index (χ0v) is 20.8. The Morgan fingerprint density at radius 2 is 1.18 bits per heavy atom. The summed E-state index contributed by atoms with van der Waals surface area (Å²) in [6, 6.07) is 0. The van der Waals surface area contributed by atoms with Crippen LogP contribution in [0.5, 0.6) is 0 Å². The SMILES string of the molecule is CCC1=CC(C)=[C-]C1.CCC1=CC(C)=[C-]C1.C[Si](C)=[Hf+2].[Cl-].[Cl-]. The first kappa shape index (κ1) is 27.5. The zero-order chi connectivity index (χ0) is 15.5. The first-order valence-corrected chi connectivity index (χ1v) is 15.3. The fourth-order valence-electron chi connectivity index (χ4n) is 1.78. The van der Waals surface area contributed by atoms with Gasteiger partial charge in [-0.15, -0.1) is 12.8 Å². The van der Waals surface area contributed by atoms with Crippen LogP contribution >= 0.6 is 0 Å². The largest absolute Gasteiger partial charge is 1.00 e. The van der Waals surface area contributed by atoms with Crippen molar-refractivity contribution in [2.75, 3.05) is 0 Å². The Morgan fingerprint density at radius 3 is 1.27 bits per heavy atom. The van der Waals surface area contributed by atoms with E-state index in [0.29, 0.717) is 0 Å². The summed E-state index contributed by atoms with van der Waals surface area (Å²) >= 11 is 1.45. The third-order valence-electron chi connectivity index (χ3n) is 2.94. The van der Waals surface area contributed by atoms with Crippen LogP contribution in [-0.2, 0) is 23.0 Å². The first-order chi connectivity index (χ1) is 9.38. The van der Waals surface area contributed by atoms with Gasteiger partial charge in [-0.25, -0.2) is 23.3 Å². The molecular formula is C18H28Cl2HfSi-2. The molecule has 22 heavy (non-hydrogen) atoms. The molecule has 0 aliphatic heterocycles. The summed E-state index contributed by atoms with van der Waals surface area (Å²) in [6.45, 7) is 13.2. The summed E-state index contributed by atoms with van der Waals surface area (Å²) in [6.07, 6.45) is 15.4. The van der Waals surface area contributed by atoms with Gasteiger partial charge in [-0.1, -0.05) is 40.5 Å². The standard InChI is InChI=1S/2C8H11.C2H6Si.2ClH.Hf/c2*1-3-8-5-4-7(2)6-8;1-3-2;;;/h2*6H,3,5H2,1-2H3;1-2H3;2*1H;/q2*-1;;;;+2/p-2. The predicted octanol–water partition coefficient (Wildman–Crippen LogP) is -0.256. The van der Waals surface area contributed by atoms with Crippen molar-refractivity contribution in [1.82, 2.24) is 0 Å². The van der Waals surface area contributed by atoms with E-state index >= 15 is 0 Å². The molecule has 124 valence electrons. The van der Waals surface area contributed by atoms with Gasteiger partial charge in [-0.2, -0.15) is 11.1 Å². The van der Waals surface area contributed by atoms with Crippen molar-refractivity contribution in [3.05, 3.63) is 46.6 Å². The Bertz CT molecular complexity index is 406. The molecule has 0 aromatic carbocycles. The van der Waals surface area contributed by atoms with Crippen LogP contribution in [0.4, 0.5) is 0 Å². The molecule has 2 rings (SSSR count). The normalized spacial score (nSPS) is 14.5. The van der Waals surface area contributed by atoms with Crippen molar-refractivity contribution in [2.24, 2.45) is 0 Å². The Morgan fingerprint density at radius 1 is 0.909 bits per heavy atom. The minimum atomic E-state index is 0. The second kappa shape index (κ2) is 16.5. The van der Waals surface area contributed by atoms with Gasteiger partial charge in [-0.3, -0.25) is 12.2 Å². The van der Waals surface area contributed by atoms with E-state index in [0.717, 1.165) is 12.8 Å². The van der Waals surface area contributed by atoms with E-state index < -0.39 is 0 Å². The zero-order valence-electron chi connectivity index (χ0n) is 14.7. The van der Waals surface area contributed by atoms with Crippen LogP contribution in [0.15, 0.2) is 34.4 Å². The topological polar surface area (TPSA) is 0 Å². The Balaban J connectivity index is -0.000000249. The molecule has 0 saturated carbocycles. The number of hydrogen-bond donors (Lipinski definition) is 0. The molecule has 0 spiro atoms. The van der Waals surface area contributed by atoms with Gasteiger partial charge < -0.3 is 24.8 Å². The molecule has 0 aromatic heterocycles. The second-order valence-electron chi connectivity index (χ2n) is 5.39. The van der Waals surface area contributed by atoms with Gasteiger partial charge in [0.25, 0.3) is 0 Å². The summed E-state index contributed by atoms with van der Waals surface area (Å²) in [5, 5.41) is 0. The van der Waals surface area contributed by atoms with Crippen molar-refractivity contribution in [2.45, 2.75) is 66.5 Å². The molecule has 0 N–H and O–H groups in total. The van der Waals surface area contributed by atoms with E-state index in [2.05, 4.69) is 65.1 Å². The minimum absolute atomic E-state index is 0. The van der Waals surface area contributed by atoms with Crippen LogP contribution in [-0.4, -0.2) is 5.49 Å². The average Bonchev–Trinajstić information content (AvgIpc) is 2.97. The van der Waals surface area contributed by atoms with Crippen LogP contribution in [0.2, 0.25) is 13.1 Å². The van der Waals surface area contributed by atoms with E-state index in [1.54, 1.807) is 0 Å². The van der Waals surface area contributed by atoms with Crippen molar-refractivity contribution in [1.29, 1.82) is 0 Å². The summed E-state index contributed by atoms with van der Waals surface area (Å²) in [5.41, 5.74) is 5.91. The van der Waals surface area contributed by atoms with Crippen LogP contribution in [0.1, 0.15) is 53.4 Å². The van der Waals surface area contributed by atoms with Crippen LogP contribution in [0.3, 0.4) is 0 Å². The number of rotatable bonds is 2. The molecule has 0 bridgehead atoms. The van der Waals surface area contributed by atoms with Crippen molar-refractivity contribution >= 4 is 5.49 Å². The van der Waals surface area contributed by atoms with Crippen LogP contribution in [0.25, 0.3) is 0 Å². The fraction of sp³-hybridized carbons (Fsp3) is 0.556. The maximum Gasteiger partial charge on any atom is -1.00 e. The summed E-state index contributed by atoms with van der Waals surface area (Å²) < 4.78 is 0. The van der Waals surface area contributed by atoms with Gasteiger partial charge in [0, 0.05) is 0 Å². The van der Waals surface area contributed by atoms with Crippen LogP contribution in [0, 0.1) is 12.2 Å². The molecule has 0 unspecified atom stereocenters. The van der Waals surface area contributed by atoms with Gasteiger partial charge >= 0.3 is 41.6 Å². The quantitative estimate of drug-likeness (QED) is 0.347. The van der Waals surface area contributed by atoms with E-state index in [1.165, 1.54) is 58.1 Å². The Hall–Kier alpha value is 0.627. The maximum atomic E-state index is 3.24.